The first-order chi connectivity index (χ1) is 15.6. The molecule has 0 aliphatic heterocycles. The highest BCUT2D eigenvalue weighted by atomic mass is 16.7. The summed E-state index contributed by atoms with van der Waals surface area (Å²) in [5.74, 6) is 0.236. The van der Waals surface area contributed by atoms with E-state index in [1.807, 2.05) is 12.1 Å². The van der Waals surface area contributed by atoms with E-state index in [1.54, 1.807) is 29.6 Å². The van der Waals surface area contributed by atoms with Crippen LogP contribution >= 0.6 is 0 Å². The molecule has 4 aromatic rings. The minimum absolute atomic E-state index is 0.166. The van der Waals surface area contributed by atoms with Gasteiger partial charge in [-0.05, 0) is 63.3 Å². The smallest absolute Gasteiger partial charge is 0.434 e. The van der Waals surface area contributed by atoms with Crippen molar-refractivity contribution in [2.45, 2.75) is 27.2 Å². The number of anilines is 1. The van der Waals surface area contributed by atoms with Gasteiger partial charge in [-0.2, -0.15) is 0 Å². The van der Waals surface area contributed by atoms with Crippen molar-refractivity contribution in [3.8, 4) is 5.75 Å². The first-order valence-corrected chi connectivity index (χ1v) is 11.0. The summed E-state index contributed by atoms with van der Waals surface area (Å²) >= 11 is 0. The average Bonchev–Trinajstić information content (AvgIpc) is 3.22. The Balaban J connectivity index is 1.73. The maximum atomic E-state index is 13.5. The van der Waals surface area contributed by atoms with Gasteiger partial charge in [-0.3, -0.25) is 4.79 Å². The second kappa shape index (κ2) is 9.35. The molecule has 2 aromatic carbocycles. The fourth-order valence-corrected chi connectivity index (χ4v) is 3.95. The first kappa shape index (κ1) is 21.8. The van der Waals surface area contributed by atoms with Crippen LogP contribution in [0.15, 0.2) is 35.1 Å². The van der Waals surface area contributed by atoms with Crippen molar-refractivity contribution in [2.24, 2.45) is 0 Å². The molecule has 0 aliphatic carbocycles. The molecule has 0 amide bonds. The zero-order chi connectivity index (χ0) is 22.7. The van der Waals surface area contributed by atoms with E-state index < -0.39 is 6.16 Å². The molecule has 1 N–H and O–H groups in total. The van der Waals surface area contributed by atoms with Crippen LogP contribution in [0.2, 0.25) is 0 Å². The number of aromatic nitrogens is 3. The molecule has 9 nitrogen and oxygen atoms in total. The van der Waals surface area contributed by atoms with Gasteiger partial charge in [0.1, 0.15) is 16.8 Å². The first-order valence-electron chi connectivity index (χ1n) is 11.0. The van der Waals surface area contributed by atoms with Crippen LogP contribution in [0.3, 0.4) is 0 Å². The molecule has 0 radical (unpaired) electrons. The van der Waals surface area contributed by atoms with Gasteiger partial charge >= 0.3 is 6.16 Å². The van der Waals surface area contributed by atoms with Crippen LogP contribution in [0.5, 0.6) is 5.75 Å². The van der Waals surface area contributed by atoms with Crippen molar-refractivity contribution in [1.29, 1.82) is 0 Å². The monoisotopic (exact) mass is 437 g/mol. The summed E-state index contributed by atoms with van der Waals surface area (Å²) < 4.78 is 11.7. The average molecular weight is 438 g/mol. The van der Waals surface area contributed by atoms with Crippen molar-refractivity contribution in [2.75, 3.05) is 38.1 Å². The van der Waals surface area contributed by atoms with Gasteiger partial charge in [0.25, 0.3) is 0 Å². The number of nitrogens with zero attached hydrogens (tertiary/aromatic N) is 4. The number of nitrogens with one attached hydrogen (secondary N) is 1. The Kier molecular flexibility index (Phi) is 6.36. The van der Waals surface area contributed by atoms with Crippen LogP contribution in [-0.4, -0.2) is 58.7 Å². The highest BCUT2D eigenvalue weighted by molar-refractivity contribution is 6.06. The molecule has 32 heavy (non-hydrogen) atoms. The molecule has 0 unspecified atom stereocenters. The minimum Gasteiger partial charge on any atom is -0.434 e. The van der Waals surface area contributed by atoms with Crippen LogP contribution in [-0.2, 0) is 4.74 Å². The Morgan fingerprint density at radius 3 is 2.72 bits per heavy atom. The van der Waals surface area contributed by atoms with Gasteiger partial charge in [-0.15, -0.1) is 5.10 Å². The molecule has 2 heterocycles. The Bertz CT molecular complexity index is 1300. The topological polar surface area (TPSA) is 98.1 Å². The van der Waals surface area contributed by atoms with Crippen molar-refractivity contribution in [3.05, 3.63) is 40.6 Å². The van der Waals surface area contributed by atoms with Gasteiger partial charge in [0.05, 0.1) is 22.9 Å². The number of fused-ring (bicyclic) bond motifs is 2. The lowest BCUT2D eigenvalue weighted by Gasteiger charge is -2.18. The Morgan fingerprint density at radius 1 is 1.16 bits per heavy atom. The fourth-order valence-electron chi connectivity index (χ4n) is 3.95. The van der Waals surface area contributed by atoms with Crippen LogP contribution in [0.4, 0.5) is 10.5 Å². The molecular weight excluding hydrogens is 410 g/mol. The molecule has 0 saturated carbocycles. The quantitative estimate of drug-likeness (QED) is 0.184. The van der Waals surface area contributed by atoms with Crippen molar-refractivity contribution >= 4 is 39.2 Å². The number of ether oxygens (including phenoxy) is 2. The van der Waals surface area contributed by atoms with E-state index in [9.17, 15) is 9.59 Å². The largest absolute Gasteiger partial charge is 0.513 e. The predicted molar refractivity (Wildman–Crippen MR) is 124 cm³/mol. The lowest BCUT2D eigenvalue weighted by Crippen LogP contribution is -2.25. The second-order valence-electron chi connectivity index (χ2n) is 7.46. The number of hydrogen-bond donors (Lipinski definition) is 1. The zero-order valence-corrected chi connectivity index (χ0v) is 18.6. The number of benzene rings is 2. The number of rotatable bonds is 9. The number of carbonyl (C=O) groups is 1. The van der Waals surface area contributed by atoms with Crippen LogP contribution in [0.1, 0.15) is 27.2 Å². The predicted octanol–water partition coefficient (Wildman–Crippen LogP) is 3.51. The third-order valence-corrected chi connectivity index (χ3v) is 5.60. The second-order valence-corrected chi connectivity index (χ2v) is 7.46. The summed E-state index contributed by atoms with van der Waals surface area (Å²) in [6.07, 6.45) is 0.147. The molecule has 0 bridgehead atoms. The number of carbonyl (C=O) groups excluding carboxylic acids is 1. The summed E-state index contributed by atoms with van der Waals surface area (Å²) in [5.41, 5.74) is 2.50. The summed E-state index contributed by atoms with van der Waals surface area (Å²) in [6, 6.07) is 8.59. The molecule has 0 spiro atoms. The zero-order valence-electron chi connectivity index (χ0n) is 18.6. The SMILES string of the molecule is CCOC(=O)Oc1ccc2c(c1)c(=O)c1c(NCCCN(CC)CC)ccc3nnn2c31. The van der Waals surface area contributed by atoms with Gasteiger partial charge in [-0.1, -0.05) is 19.1 Å². The Hall–Kier alpha value is -3.46. The standard InChI is InChI=1S/C23H27N5O4/c1-4-27(5-2)13-7-12-24-17-9-10-18-21-20(17)22(29)16-14-15(32-23(30)31-6-3)8-11-19(16)28(21)26-25-18/h8-11,14,24H,4-7,12-13H2,1-3H3. The molecule has 168 valence electrons. The summed E-state index contributed by atoms with van der Waals surface area (Å²) in [5, 5.41) is 12.8. The van der Waals surface area contributed by atoms with E-state index in [4.69, 9.17) is 9.47 Å². The molecule has 0 atom stereocenters. The summed E-state index contributed by atoms with van der Waals surface area (Å²) in [7, 11) is 0. The van der Waals surface area contributed by atoms with Gasteiger partial charge < -0.3 is 19.7 Å². The van der Waals surface area contributed by atoms with Gasteiger partial charge in [0, 0.05) is 12.2 Å². The van der Waals surface area contributed by atoms with Gasteiger partial charge in [-0.25, -0.2) is 9.31 Å². The van der Waals surface area contributed by atoms with Crippen molar-refractivity contribution < 1.29 is 14.3 Å². The summed E-state index contributed by atoms with van der Waals surface area (Å²) in [6.45, 7) is 9.97. The van der Waals surface area contributed by atoms with E-state index in [1.165, 1.54) is 0 Å². The van der Waals surface area contributed by atoms with Crippen LogP contribution in [0, 0.1) is 0 Å². The lowest BCUT2D eigenvalue weighted by molar-refractivity contribution is 0.104. The van der Waals surface area contributed by atoms with E-state index >= 15 is 0 Å². The maximum Gasteiger partial charge on any atom is 0.513 e. The molecular formula is C23H27N5O4. The van der Waals surface area contributed by atoms with Gasteiger partial charge in [0.2, 0.25) is 0 Å². The Morgan fingerprint density at radius 2 is 1.97 bits per heavy atom. The highest BCUT2D eigenvalue weighted by Crippen LogP contribution is 2.29. The molecule has 0 fully saturated rings. The molecule has 2 aromatic heterocycles. The van der Waals surface area contributed by atoms with E-state index in [0.717, 1.165) is 38.3 Å². The third-order valence-electron chi connectivity index (χ3n) is 5.60. The fraction of sp³-hybridized carbons (Fsp3) is 0.391. The number of hydrogen-bond acceptors (Lipinski definition) is 8. The molecule has 0 aliphatic rings. The maximum absolute atomic E-state index is 13.5. The van der Waals surface area contributed by atoms with Gasteiger partial charge in [0.15, 0.2) is 5.43 Å². The van der Waals surface area contributed by atoms with Crippen LogP contribution in [0.25, 0.3) is 27.3 Å². The molecule has 9 heteroatoms. The minimum atomic E-state index is -0.810. The van der Waals surface area contributed by atoms with Crippen molar-refractivity contribution in [3.63, 3.8) is 0 Å². The normalized spacial score (nSPS) is 11.6. The lowest BCUT2D eigenvalue weighted by atomic mass is 10.1. The highest BCUT2D eigenvalue weighted by Gasteiger charge is 2.18. The van der Waals surface area contributed by atoms with E-state index in [2.05, 4.69) is 34.4 Å². The third kappa shape index (κ3) is 4.03. The number of pyridine rings is 1. The van der Waals surface area contributed by atoms with E-state index in [0.29, 0.717) is 27.3 Å². The van der Waals surface area contributed by atoms with Crippen molar-refractivity contribution in [1.82, 2.24) is 19.7 Å². The molecule has 4 rings (SSSR count). The Labute approximate surface area is 185 Å². The van der Waals surface area contributed by atoms with E-state index in [-0.39, 0.29) is 17.8 Å². The summed E-state index contributed by atoms with van der Waals surface area (Å²) in [4.78, 5) is 27.6. The molecule has 0 saturated heterocycles. The van der Waals surface area contributed by atoms with Crippen LogP contribution < -0.4 is 15.5 Å².